The lowest BCUT2D eigenvalue weighted by atomic mass is 9.78. The molecule has 1 heterocycles. The molecule has 2 N–H and O–H groups in total. The molecule has 1 aliphatic heterocycles. The van der Waals surface area contributed by atoms with Crippen LogP contribution in [0.15, 0.2) is 58.1 Å². The number of allylic oxidation sites excluding steroid dienone is 1. The molecule has 2 aromatic rings. The maximum Gasteiger partial charge on any atom is 0.119 e. The number of amidine groups is 1. The molecule has 2 atom stereocenters. The van der Waals surface area contributed by atoms with Crippen molar-refractivity contribution in [3.8, 4) is 12.1 Å². The lowest BCUT2D eigenvalue weighted by Gasteiger charge is -2.26. The minimum atomic E-state index is -0.670. The minimum absolute atomic E-state index is 0.199. The molecule has 22 heavy (non-hydrogen) atoms. The van der Waals surface area contributed by atoms with Crippen LogP contribution in [0.1, 0.15) is 11.5 Å². The van der Waals surface area contributed by atoms with Crippen molar-refractivity contribution in [2.24, 2.45) is 16.6 Å². The van der Waals surface area contributed by atoms with Gasteiger partial charge in [-0.25, -0.2) is 4.99 Å². The predicted molar refractivity (Wildman–Crippen MR) is 89.0 cm³/mol. The molecule has 0 amide bonds. The smallest absolute Gasteiger partial charge is 0.119 e. The van der Waals surface area contributed by atoms with Gasteiger partial charge in [-0.3, -0.25) is 0 Å². The van der Waals surface area contributed by atoms with Crippen LogP contribution < -0.4 is 5.73 Å². The summed E-state index contributed by atoms with van der Waals surface area (Å²) < 4.78 is 0. The topological polar surface area (TPSA) is 86.0 Å². The van der Waals surface area contributed by atoms with E-state index in [0.717, 1.165) is 16.3 Å². The number of benzene rings is 2. The molecule has 0 saturated carbocycles. The van der Waals surface area contributed by atoms with Gasteiger partial charge in [-0.15, -0.1) is 12.6 Å². The second-order valence-electron chi connectivity index (χ2n) is 5.04. The standard InChI is InChI=1S/C17H12N4S/c18-8-13-15(14(9-19)17(22)21-16(13)20)12-7-3-5-10-4-1-2-6-11(10)12/h1-7,13,15,22H,(H2,20,21)/t13?,15-/m1/s1. The van der Waals surface area contributed by atoms with E-state index in [1.165, 1.54) is 0 Å². The first-order valence-electron chi connectivity index (χ1n) is 6.72. The summed E-state index contributed by atoms with van der Waals surface area (Å²) in [5.41, 5.74) is 7.17. The molecule has 106 valence electrons. The largest absolute Gasteiger partial charge is 0.386 e. The maximum atomic E-state index is 9.50. The van der Waals surface area contributed by atoms with Gasteiger partial charge < -0.3 is 5.73 Å². The van der Waals surface area contributed by atoms with Crippen LogP contribution in [0.2, 0.25) is 0 Å². The summed E-state index contributed by atoms with van der Waals surface area (Å²) in [5, 5.41) is 21.3. The summed E-state index contributed by atoms with van der Waals surface area (Å²) in [7, 11) is 0. The van der Waals surface area contributed by atoms with Crippen LogP contribution in [0.4, 0.5) is 0 Å². The second kappa shape index (κ2) is 5.55. The van der Waals surface area contributed by atoms with Gasteiger partial charge in [0.1, 0.15) is 16.8 Å². The average molecular weight is 304 g/mol. The molecule has 1 unspecified atom stereocenters. The molecule has 5 heteroatoms. The van der Waals surface area contributed by atoms with Gasteiger partial charge in [0.2, 0.25) is 0 Å². The maximum absolute atomic E-state index is 9.50. The van der Waals surface area contributed by atoms with Gasteiger partial charge >= 0.3 is 0 Å². The highest BCUT2D eigenvalue weighted by molar-refractivity contribution is 7.84. The SMILES string of the molecule is N#CC1=C(S)N=C(N)C(C#N)[C@H]1c1cccc2ccccc12. The van der Waals surface area contributed by atoms with Crippen LogP contribution in [-0.2, 0) is 0 Å². The Balaban J connectivity index is 2.30. The van der Waals surface area contributed by atoms with Gasteiger partial charge in [-0.2, -0.15) is 10.5 Å². The van der Waals surface area contributed by atoms with Crippen molar-refractivity contribution in [2.75, 3.05) is 0 Å². The zero-order valence-corrected chi connectivity index (χ0v) is 12.5. The zero-order valence-electron chi connectivity index (χ0n) is 11.6. The van der Waals surface area contributed by atoms with Gasteiger partial charge in [0.15, 0.2) is 0 Å². The van der Waals surface area contributed by atoms with Crippen molar-refractivity contribution in [1.29, 1.82) is 10.5 Å². The van der Waals surface area contributed by atoms with Gasteiger partial charge in [0.05, 0.1) is 17.7 Å². The number of nitrogens with zero attached hydrogens (tertiary/aromatic N) is 3. The third-order valence-corrected chi connectivity index (χ3v) is 4.20. The Morgan fingerprint density at radius 3 is 2.55 bits per heavy atom. The Hall–Kier alpha value is -2.76. The number of nitriles is 2. The third kappa shape index (κ3) is 2.13. The van der Waals surface area contributed by atoms with Crippen LogP contribution in [0.25, 0.3) is 10.8 Å². The Morgan fingerprint density at radius 1 is 1.09 bits per heavy atom. The van der Waals surface area contributed by atoms with Crippen molar-refractivity contribution in [2.45, 2.75) is 5.92 Å². The molecule has 0 saturated heterocycles. The van der Waals surface area contributed by atoms with E-state index < -0.39 is 11.8 Å². The fourth-order valence-electron chi connectivity index (χ4n) is 2.85. The van der Waals surface area contributed by atoms with Crippen molar-refractivity contribution >= 4 is 29.2 Å². The van der Waals surface area contributed by atoms with Crippen LogP contribution in [0, 0.1) is 28.6 Å². The third-order valence-electron chi connectivity index (χ3n) is 3.86. The number of rotatable bonds is 1. The summed E-state index contributed by atoms with van der Waals surface area (Å²) in [6.07, 6.45) is 0. The van der Waals surface area contributed by atoms with Crippen molar-refractivity contribution in [1.82, 2.24) is 0 Å². The normalized spacial score (nSPS) is 21.1. The van der Waals surface area contributed by atoms with E-state index in [0.29, 0.717) is 5.57 Å². The summed E-state index contributed by atoms with van der Waals surface area (Å²) in [6.45, 7) is 0. The molecule has 1 aliphatic rings. The number of hydrogen-bond acceptors (Lipinski definition) is 5. The van der Waals surface area contributed by atoms with Gasteiger partial charge in [-0.1, -0.05) is 42.5 Å². The van der Waals surface area contributed by atoms with E-state index in [-0.39, 0.29) is 10.9 Å². The van der Waals surface area contributed by atoms with Crippen LogP contribution in [0.3, 0.4) is 0 Å². The average Bonchev–Trinajstić information content (AvgIpc) is 2.54. The van der Waals surface area contributed by atoms with Gasteiger partial charge in [-0.05, 0) is 16.3 Å². The molecule has 0 fully saturated rings. The highest BCUT2D eigenvalue weighted by Gasteiger charge is 2.35. The van der Waals surface area contributed by atoms with E-state index in [4.69, 9.17) is 5.73 Å². The van der Waals surface area contributed by atoms with E-state index in [2.05, 4.69) is 29.8 Å². The van der Waals surface area contributed by atoms with Crippen molar-refractivity contribution in [3.05, 3.63) is 58.6 Å². The van der Waals surface area contributed by atoms with Crippen molar-refractivity contribution in [3.63, 3.8) is 0 Å². The van der Waals surface area contributed by atoms with E-state index in [1.807, 2.05) is 42.5 Å². The predicted octanol–water partition coefficient (Wildman–Crippen LogP) is 3.10. The highest BCUT2D eigenvalue weighted by Crippen LogP contribution is 2.40. The van der Waals surface area contributed by atoms with Crippen LogP contribution in [0.5, 0.6) is 0 Å². The first-order chi connectivity index (χ1) is 10.7. The Kier molecular flexibility index (Phi) is 3.58. The number of fused-ring (bicyclic) bond motifs is 1. The molecule has 2 aromatic carbocycles. The van der Waals surface area contributed by atoms with Gasteiger partial charge in [0.25, 0.3) is 0 Å². The molecule has 0 aliphatic carbocycles. The molecule has 0 radical (unpaired) electrons. The summed E-state index contributed by atoms with van der Waals surface area (Å²) in [6, 6.07) is 18.0. The Bertz CT molecular complexity index is 894. The fraction of sp³-hybridized carbons (Fsp3) is 0.118. The van der Waals surface area contributed by atoms with E-state index in [1.54, 1.807) is 0 Å². The van der Waals surface area contributed by atoms with E-state index >= 15 is 0 Å². The van der Waals surface area contributed by atoms with Gasteiger partial charge in [0, 0.05) is 5.92 Å². The molecular weight excluding hydrogens is 292 g/mol. The summed E-state index contributed by atoms with van der Waals surface area (Å²) in [5.74, 6) is -0.924. The molecule has 0 spiro atoms. The Labute approximate surface area is 133 Å². The molecular formula is C17H12N4S. The number of hydrogen-bond donors (Lipinski definition) is 2. The molecule has 4 nitrogen and oxygen atoms in total. The number of aliphatic imine (C=N–C) groups is 1. The minimum Gasteiger partial charge on any atom is -0.386 e. The second-order valence-corrected chi connectivity index (χ2v) is 5.46. The number of thiol groups is 1. The highest BCUT2D eigenvalue weighted by atomic mass is 32.1. The number of nitrogens with two attached hydrogens (primary N) is 1. The lowest BCUT2D eigenvalue weighted by molar-refractivity contribution is 0.714. The van der Waals surface area contributed by atoms with E-state index in [9.17, 15) is 10.5 Å². The molecule has 0 bridgehead atoms. The molecule has 3 rings (SSSR count). The lowest BCUT2D eigenvalue weighted by Crippen LogP contribution is -2.32. The molecule has 0 aromatic heterocycles. The first kappa shape index (κ1) is 14.2. The zero-order chi connectivity index (χ0) is 15.7. The van der Waals surface area contributed by atoms with Crippen LogP contribution >= 0.6 is 12.6 Å². The quantitative estimate of drug-likeness (QED) is 0.794. The summed E-state index contributed by atoms with van der Waals surface area (Å²) in [4.78, 5) is 4.04. The Morgan fingerprint density at radius 2 is 1.82 bits per heavy atom. The fourth-order valence-corrected chi connectivity index (χ4v) is 3.15. The van der Waals surface area contributed by atoms with Crippen LogP contribution in [-0.4, -0.2) is 5.84 Å². The monoisotopic (exact) mass is 304 g/mol. The van der Waals surface area contributed by atoms with Crippen molar-refractivity contribution < 1.29 is 0 Å². The first-order valence-corrected chi connectivity index (χ1v) is 7.16. The summed E-state index contributed by atoms with van der Waals surface area (Å²) >= 11 is 4.26.